The summed E-state index contributed by atoms with van der Waals surface area (Å²) in [5.74, 6) is -0.817. The molecule has 8 heteroatoms. The van der Waals surface area contributed by atoms with E-state index < -0.39 is 23.5 Å². The number of carbonyl (C=O) groups is 2. The quantitative estimate of drug-likeness (QED) is 0.312. The van der Waals surface area contributed by atoms with Crippen LogP contribution in [0, 0.1) is 5.82 Å². The zero-order valence-electron chi connectivity index (χ0n) is 18.8. The molecule has 0 radical (unpaired) electrons. The first-order valence-electron chi connectivity index (χ1n) is 11.0. The molecule has 2 aliphatic heterocycles. The van der Waals surface area contributed by atoms with Crippen molar-refractivity contribution in [2.45, 2.75) is 6.04 Å². The Labute approximate surface area is 205 Å². The minimum Gasteiger partial charge on any atom is -0.507 e. The highest BCUT2D eigenvalue weighted by Crippen LogP contribution is 2.42. The van der Waals surface area contributed by atoms with E-state index in [1.165, 1.54) is 36.3 Å². The van der Waals surface area contributed by atoms with Gasteiger partial charge in [0.25, 0.3) is 11.7 Å². The Bertz CT molecular complexity index is 1350. The molecule has 1 saturated heterocycles. The normalized spacial score (nSPS) is 19.2. The summed E-state index contributed by atoms with van der Waals surface area (Å²) in [7, 11) is 1.53. The second kappa shape index (κ2) is 9.38. The van der Waals surface area contributed by atoms with E-state index in [1.807, 2.05) is 12.1 Å². The van der Waals surface area contributed by atoms with Gasteiger partial charge in [-0.2, -0.15) is 0 Å². The van der Waals surface area contributed by atoms with Crippen LogP contribution in [0.25, 0.3) is 5.76 Å². The topological polar surface area (TPSA) is 79.2 Å². The number of Topliss-reactive ketones (excluding diaryl/α,β-unsaturated/α-hetero) is 1. The van der Waals surface area contributed by atoms with Crippen molar-refractivity contribution in [3.05, 3.63) is 101 Å². The van der Waals surface area contributed by atoms with Gasteiger partial charge in [0.1, 0.15) is 17.3 Å². The van der Waals surface area contributed by atoms with Gasteiger partial charge in [-0.25, -0.2) is 4.39 Å². The lowest BCUT2D eigenvalue weighted by Crippen LogP contribution is -2.29. The third-order valence-electron chi connectivity index (χ3n) is 5.97. The van der Waals surface area contributed by atoms with E-state index in [9.17, 15) is 19.1 Å². The molecule has 1 fully saturated rings. The lowest BCUT2D eigenvalue weighted by atomic mass is 9.95. The van der Waals surface area contributed by atoms with Crippen LogP contribution in [0.1, 0.15) is 22.7 Å². The van der Waals surface area contributed by atoms with Crippen LogP contribution in [-0.2, 0) is 9.59 Å². The number of nitrogens with zero attached hydrogens (tertiary/aromatic N) is 2. The maximum absolute atomic E-state index is 13.7. The van der Waals surface area contributed by atoms with E-state index in [0.29, 0.717) is 22.6 Å². The molecule has 2 aliphatic rings. The van der Waals surface area contributed by atoms with Gasteiger partial charge in [0.15, 0.2) is 0 Å². The molecule has 6 nitrogen and oxygen atoms in total. The maximum atomic E-state index is 13.7. The van der Waals surface area contributed by atoms with Crippen LogP contribution in [0.2, 0.25) is 0 Å². The Morgan fingerprint density at radius 3 is 2.31 bits per heavy atom. The first-order chi connectivity index (χ1) is 17.0. The highest BCUT2D eigenvalue weighted by Gasteiger charge is 2.47. The summed E-state index contributed by atoms with van der Waals surface area (Å²) in [6, 6.07) is 18.4. The monoisotopic (exact) mass is 488 g/mol. The van der Waals surface area contributed by atoms with Crippen LogP contribution in [0.4, 0.5) is 10.1 Å². The van der Waals surface area contributed by atoms with Gasteiger partial charge in [0.2, 0.25) is 0 Å². The predicted molar refractivity (Wildman–Crippen MR) is 134 cm³/mol. The Morgan fingerprint density at radius 2 is 1.71 bits per heavy atom. The fourth-order valence-electron chi connectivity index (χ4n) is 4.24. The van der Waals surface area contributed by atoms with Crippen molar-refractivity contribution in [2.75, 3.05) is 24.3 Å². The molecule has 1 amide bonds. The molecule has 3 aromatic rings. The summed E-state index contributed by atoms with van der Waals surface area (Å²) in [6.07, 6.45) is 0. The molecule has 0 spiro atoms. The first-order valence-corrected chi connectivity index (χ1v) is 11.9. The van der Waals surface area contributed by atoms with Crippen molar-refractivity contribution in [3.63, 3.8) is 0 Å². The van der Waals surface area contributed by atoms with Crippen LogP contribution in [-0.4, -0.2) is 41.2 Å². The van der Waals surface area contributed by atoms with Gasteiger partial charge in [-0.15, -0.1) is 11.8 Å². The number of rotatable bonds is 5. The Kier molecular flexibility index (Phi) is 6.13. The Hall–Kier alpha value is -3.91. The fourth-order valence-corrected chi connectivity index (χ4v) is 5.10. The average molecular weight is 489 g/mol. The maximum Gasteiger partial charge on any atom is 0.300 e. The van der Waals surface area contributed by atoms with Crippen molar-refractivity contribution >= 4 is 39.9 Å². The van der Waals surface area contributed by atoms with Crippen molar-refractivity contribution in [1.29, 1.82) is 0 Å². The highest BCUT2D eigenvalue weighted by atomic mass is 32.2. The first kappa shape index (κ1) is 22.9. The van der Waals surface area contributed by atoms with Crippen molar-refractivity contribution in [2.24, 2.45) is 4.99 Å². The van der Waals surface area contributed by atoms with Crippen LogP contribution in [0.5, 0.6) is 5.75 Å². The Balaban J connectivity index is 1.62. The summed E-state index contributed by atoms with van der Waals surface area (Å²) < 4.78 is 18.9. The number of hydrogen-bond acceptors (Lipinski definition) is 6. The van der Waals surface area contributed by atoms with E-state index in [0.717, 1.165) is 22.9 Å². The van der Waals surface area contributed by atoms with Gasteiger partial charge >= 0.3 is 0 Å². The van der Waals surface area contributed by atoms with E-state index >= 15 is 0 Å². The number of halogens is 1. The summed E-state index contributed by atoms with van der Waals surface area (Å²) in [4.78, 5) is 32.3. The number of aliphatic hydroxyl groups excluding tert-OH is 1. The predicted octanol–water partition coefficient (Wildman–Crippen LogP) is 4.95. The number of anilines is 1. The van der Waals surface area contributed by atoms with E-state index in [4.69, 9.17) is 4.74 Å². The van der Waals surface area contributed by atoms with E-state index in [1.54, 1.807) is 48.2 Å². The molecule has 35 heavy (non-hydrogen) atoms. The Morgan fingerprint density at radius 1 is 1.03 bits per heavy atom. The van der Waals surface area contributed by atoms with Gasteiger partial charge < -0.3 is 9.84 Å². The van der Waals surface area contributed by atoms with Crippen LogP contribution < -0.4 is 9.64 Å². The zero-order valence-corrected chi connectivity index (χ0v) is 19.6. The smallest absolute Gasteiger partial charge is 0.300 e. The molecular weight excluding hydrogens is 467 g/mol. The number of ketones is 1. The van der Waals surface area contributed by atoms with Gasteiger partial charge in [0.05, 0.1) is 23.8 Å². The average Bonchev–Trinajstić information content (AvgIpc) is 3.52. The van der Waals surface area contributed by atoms with Crippen LogP contribution in [0.3, 0.4) is 0 Å². The van der Waals surface area contributed by atoms with Crippen molar-refractivity contribution in [3.8, 4) is 5.75 Å². The molecule has 1 atom stereocenters. The molecule has 0 aliphatic carbocycles. The molecule has 1 unspecified atom stereocenters. The van der Waals surface area contributed by atoms with Gasteiger partial charge in [-0.3, -0.25) is 19.5 Å². The fraction of sp³-hybridized carbons (Fsp3) is 0.148. The number of ether oxygens (including phenoxy) is 1. The second-order valence-electron chi connectivity index (χ2n) is 8.03. The number of methoxy groups -OCH3 is 1. The molecule has 0 saturated carbocycles. The lowest BCUT2D eigenvalue weighted by molar-refractivity contribution is -0.132. The van der Waals surface area contributed by atoms with Crippen LogP contribution in [0.15, 0.2) is 83.4 Å². The minimum atomic E-state index is -0.929. The number of amides is 1. The summed E-state index contributed by atoms with van der Waals surface area (Å²) >= 11 is 1.67. The molecule has 3 aromatic carbocycles. The second-order valence-corrected chi connectivity index (χ2v) is 9.11. The van der Waals surface area contributed by atoms with Crippen molar-refractivity contribution in [1.82, 2.24) is 0 Å². The molecule has 0 bridgehead atoms. The number of aliphatic imine (C=N–C) groups is 1. The van der Waals surface area contributed by atoms with Gasteiger partial charge in [-0.05, 0) is 54.1 Å². The number of thioether (sulfide) groups is 1. The SMILES string of the molecule is COc1ccc(/C(O)=C2/C(=O)C(=O)N(c3ccc(C4=NCCS4)cc3)C2c2ccc(F)cc2)cc1. The minimum absolute atomic E-state index is 0.0634. The summed E-state index contributed by atoms with van der Waals surface area (Å²) in [5, 5.41) is 12.1. The van der Waals surface area contributed by atoms with Gasteiger partial charge in [-0.1, -0.05) is 24.3 Å². The lowest BCUT2D eigenvalue weighted by Gasteiger charge is -2.25. The number of benzene rings is 3. The van der Waals surface area contributed by atoms with Crippen LogP contribution >= 0.6 is 11.8 Å². The summed E-state index contributed by atoms with van der Waals surface area (Å²) in [6.45, 7) is 0.770. The number of hydrogen-bond donors (Lipinski definition) is 1. The largest absolute Gasteiger partial charge is 0.507 e. The molecular formula is C27H21FN2O4S. The molecule has 0 aromatic heterocycles. The third kappa shape index (κ3) is 4.21. The molecule has 1 N–H and O–H groups in total. The van der Waals surface area contributed by atoms with Crippen molar-refractivity contribution < 1.29 is 23.8 Å². The van der Waals surface area contributed by atoms with E-state index in [-0.39, 0.29) is 11.3 Å². The van der Waals surface area contributed by atoms with E-state index in [2.05, 4.69) is 4.99 Å². The summed E-state index contributed by atoms with van der Waals surface area (Å²) in [5.41, 5.74) is 2.22. The molecule has 5 rings (SSSR count). The third-order valence-corrected chi connectivity index (χ3v) is 7.00. The number of carbonyl (C=O) groups excluding carboxylic acids is 2. The molecule has 2 heterocycles. The number of aliphatic hydroxyl groups is 1. The molecule has 176 valence electrons. The zero-order chi connectivity index (χ0) is 24.5. The van der Waals surface area contributed by atoms with Gasteiger partial charge in [0, 0.05) is 29.1 Å². The standard InChI is InChI=1S/C27H21FN2O4S/c1-34-21-12-6-17(7-13-21)24(31)22-23(16-2-8-19(28)9-3-16)30(27(33)25(22)32)20-10-4-18(5-11-20)26-29-14-15-35-26/h2-13,23,31H,14-15H2,1H3/b24-22-. The highest BCUT2D eigenvalue weighted by molar-refractivity contribution is 8.14.